The molecule has 3 aromatic rings. The molecule has 0 unspecified atom stereocenters. The average molecular weight is 505 g/mol. The number of hydrogen-bond donors (Lipinski definition) is 1. The molecule has 0 radical (unpaired) electrons. The number of benzene rings is 3. The highest BCUT2D eigenvalue weighted by Crippen LogP contribution is 2.29. The molecule has 0 aliphatic carbocycles. The van der Waals surface area contributed by atoms with Crippen molar-refractivity contribution in [3.63, 3.8) is 0 Å². The van der Waals surface area contributed by atoms with Gasteiger partial charge in [-0.15, -0.1) is 0 Å². The molecular weight excluding hydrogens is 484 g/mol. The topological polar surface area (TPSA) is 75.7 Å². The SMILES string of the molecule is CCc1ccccc1N1C(=O)NC(=O)/C(=C/c2cc(Br)ccc2OCc2ccccc2)C1=O. The van der Waals surface area contributed by atoms with Gasteiger partial charge in [-0.25, -0.2) is 9.69 Å². The van der Waals surface area contributed by atoms with Gasteiger partial charge in [0.25, 0.3) is 11.8 Å². The van der Waals surface area contributed by atoms with E-state index in [1.54, 1.807) is 24.3 Å². The fraction of sp³-hybridized carbons (Fsp3) is 0.115. The third-order valence-corrected chi connectivity index (χ3v) is 5.72. The second kappa shape index (κ2) is 9.83. The van der Waals surface area contributed by atoms with Gasteiger partial charge in [0.1, 0.15) is 17.9 Å². The summed E-state index contributed by atoms with van der Waals surface area (Å²) in [7, 11) is 0. The Morgan fingerprint density at radius 1 is 0.970 bits per heavy atom. The Balaban J connectivity index is 1.70. The van der Waals surface area contributed by atoms with Crippen LogP contribution in [0.25, 0.3) is 6.08 Å². The molecule has 1 aliphatic rings. The fourth-order valence-corrected chi connectivity index (χ4v) is 3.94. The zero-order chi connectivity index (χ0) is 23.4. The molecular formula is C26H21BrN2O4. The predicted molar refractivity (Wildman–Crippen MR) is 130 cm³/mol. The van der Waals surface area contributed by atoms with Gasteiger partial charge >= 0.3 is 6.03 Å². The summed E-state index contributed by atoms with van der Waals surface area (Å²) in [6.07, 6.45) is 2.08. The largest absolute Gasteiger partial charge is 0.488 e. The van der Waals surface area contributed by atoms with Crippen LogP contribution in [0.5, 0.6) is 5.75 Å². The molecule has 0 spiro atoms. The number of para-hydroxylation sites is 1. The minimum absolute atomic E-state index is 0.150. The molecule has 1 saturated heterocycles. The summed E-state index contributed by atoms with van der Waals surface area (Å²) < 4.78 is 6.73. The first-order valence-electron chi connectivity index (χ1n) is 10.4. The highest BCUT2D eigenvalue weighted by Gasteiger charge is 2.37. The summed E-state index contributed by atoms with van der Waals surface area (Å²) in [6, 6.07) is 21.4. The van der Waals surface area contributed by atoms with Crippen molar-refractivity contribution in [2.45, 2.75) is 20.0 Å². The average Bonchev–Trinajstić information content (AvgIpc) is 2.82. The number of anilines is 1. The monoisotopic (exact) mass is 504 g/mol. The number of carbonyl (C=O) groups is 3. The smallest absolute Gasteiger partial charge is 0.335 e. The lowest BCUT2D eigenvalue weighted by Crippen LogP contribution is -2.54. The Morgan fingerprint density at radius 3 is 2.45 bits per heavy atom. The van der Waals surface area contributed by atoms with E-state index in [9.17, 15) is 14.4 Å². The van der Waals surface area contributed by atoms with Gasteiger partial charge in [0.15, 0.2) is 0 Å². The minimum Gasteiger partial charge on any atom is -0.488 e. The predicted octanol–water partition coefficient (Wildman–Crippen LogP) is 5.26. The van der Waals surface area contributed by atoms with E-state index in [1.165, 1.54) is 6.08 Å². The van der Waals surface area contributed by atoms with Crippen molar-refractivity contribution in [2.75, 3.05) is 4.90 Å². The normalized spacial score (nSPS) is 15.0. The summed E-state index contributed by atoms with van der Waals surface area (Å²) in [5.41, 5.74) is 2.65. The molecule has 1 fully saturated rings. The Morgan fingerprint density at radius 2 is 1.70 bits per heavy atom. The second-order valence-corrected chi connectivity index (χ2v) is 8.31. The van der Waals surface area contributed by atoms with E-state index < -0.39 is 17.8 Å². The van der Waals surface area contributed by atoms with Crippen LogP contribution in [0.3, 0.4) is 0 Å². The zero-order valence-corrected chi connectivity index (χ0v) is 19.5. The number of ether oxygens (including phenoxy) is 1. The molecule has 0 bridgehead atoms. The molecule has 4 amide bonds. The number of imide groups is 2. The van der Waals surface area contributed by atoms with Crippen LogP contribution in [0.15, 0.2) is 82.8 Å². The Labute approximate surface area is 200 Å². The van der Waals surface area contributed by atoms with Crippen LogP contribution in [0.4, 0.5) is 10.5 Å². The van der Waals surface area contributed by atoms with Gasteiger partial charge in [-0.3, -0.25) is 14.9 Å². The van der Waals surface area contributed by atoms with Gasteiger partial charge in [-0.2, -0.15) is 0 Å². The number of nitrogens with zero attached hydrogens (tertiary/aromatic N) is 1. The zero-order valence-electron chi connectivity index (χ0n) is 17.9. The number of barbiturate groups is 1. The van der Waals surface area contributed by atoms with Crippen LogP contribution in [-0.4, -0.2) is 17.8 Å². The molecule has 6 nitrogen and oxygen atoms in total. The van der Waals surface area contributed by atoms with Crippen molar-refractivity contribution in [1.29, 1.82) is 0 Å². The van der Waals surface area contributed by atoms with Crippen molar-refractivity contribution in [2.24, 2.45) is 0 Å². The van der Waals surface area contributed by atoms with Gasteiger partial charge in [-0.1, -0.05) is 71.4 Å². The lowest BCUT2D eigenvalue weighted by Gasteiger charge is -2.28. The Hall–Kier alpha value is -3.71. The van der Waals surface area contributed by atoms with Gasteiger partial charge < -0.3 is 4.74 Å². The summed E-state index contributed by atoms with van der Waals surface area (Å²) >= 11 is 3.43. The maximum absolute atomic E-state index is 13.3. The van der Waals surface area contributed by atoms with Crippen LogP contribution in [-0.2, 0) is 22.6 Å². The molecule has 166 valence electrons. The Bertz CT molecular complexity index is 1250. The second-order valence-electron chi connectivity index (χ2n) is 7.40. The minimum atomic E-state index is -0.766. The van der Waals surface area contributed by atoms with Gasteiger partial charge in [0.2, 0.25) is 0 Å². The van der Waals surface area contributed by atoms with E-state index in [4.69, 9.17) is 4.74 Å². The van der Waals surface area contributed by atoms with Crippen molar-refractivity contribution in [3.05, 3.63) is 99.5 Å². The number of carbonyl (C=O) groups excluding carboxylic acids is 3. The number of aryl methyl sites for hydroxylation is 1. The molecule has 3 aromatic carbocycles. The number of amides is 4. The molecule has 1 N–H and O–H groups in total. The van der Waals surface area contributed by atoms with Crippen molar-refractivity contribution >= 4 is 45.5 Å². The molecule has 0 aromatic heterocycles. The van der Waals surface area contributed by atoms with E-state index in [1.807, 2.05) is 55.5 Å². The van der Waals surface area contributed by atoms with Crippen molar-refractivity contribution in [3.8, 4) is 5.75 Å². The highest BCUT2D eigenvalue weighted by atomic mass is 79.9. The van der Waals surface area contributed by atoms with Crippen molar-refractivity contribution < 1.29 is 19.1 Å². The molecule has 7 heteroatoms. The maximum atomic E-state index is 13.3. The van der Waals surface area contributed by atoms with Gasteiger partial charge in [-0.05, 0) is 47.9 Å². The number of urea groups is 1. The van der Waals surface area contributed by atoms with Crippen LogP contribution < -0.4 is 15.0 Å². The molecule has 1 heterocycles. The van der Waals surface area contributed by atoms with E-state index in [2.05, 4.69) is 21.2 Å². The number of nitrogens with one attached hydrogen (secondary N) is 1. The lowest BCUT2D eigenvalue weighted by molar-refractivity contribution is -0.122. The Kier molecular flexibility index (Phi) is 6.70. The first kappa shape index (κ1) is 22.5. The third-order valence-electron chi connectivity index (χ3n) is 5.22. The molecule has 0 atom stereocenters. The van der Waals surface area contributed by atoms with Crippen molar-refractivity contribution in [1.82, 2.24) is 5.32 Å². The molecule has 1 aliphatic heterocycles. The lowest BCUT2D eigenvalue weighted by atomic mass is 10.0. The van der Waals surface area contributed by atoms with Crippen LogP contribution in [0.2, 0.25) is 0 Å². The first-order valence-corrected chi connectivity index (χ1v) is 11.2. The number of rotatable bonds is 6. The molecule has 4 rings (SSSR count). The molecule has 33 heavy (non-hydrogen) atoms. The summed E-state index contributed by atoms with van der Waals surface area (Å²) in [6.45, 7) is 2.26. The quantitative estimate of drug-likeness (QED) is 0.367. The standard InChI is InChI=1S/C26H21BrN2O4/c1-2-18-10-6-7-11-22(18)29-25(31)21(24(30)28-26(29)32)15-19-14-20(27)12-13-23(19)33-16-17-8-4-3-5-9-17/h3-15H,2,16H2,1H3,(H,28,30,32)/b21-15-. The maximum Gasteiger partial charge on any atom is 0.335 e. The number of hydrogen-bond acceptors (Lipinski definition) is 4. The van der Waals surface area contributed by atoms with Crippen LogP contribution >= 0.6 is 15.9 Å². The van der Waals surface area contributed by atoms with Gasteiger partial charge in [0.05, 0.1) is 5.69 Å². The fourth-order valence-electron chi connectivity index (χ4n) is 3.56. The summed E-state index contributed by atoms with van der Waals surface area (Å²) in [5.74, 6) is -0.921. The molecule has 0 saturated carbocycles. The summed E-state index contributed by atoms with van der Waals surface area (Å²) in [5, 5.41) is 2.28. The van der Waals surface area contributed by atoms with Crippen LogP contribution in [0.1, 0.15) is 23.6 Å². The summed E-state index contributed by atoms with van der Waals surface area (Å²) in [4.78, 5) is 39.5. The van der Waals surface area contributed by atoms with E-state index >= 15 is 0 Å². The van der Waals surface area contributed by atoms with Gasteiger partial charge in [0, 0.05) is 10.0 Å². The van der Waals surface area contributed by atoms with E-state index in [-0.39, 0.29) is 5.57 Å². The third kappa shape index (κ3) is 4.88. The van der Waals surface area contributed by atoms with Crippen LogP contribution in [0, 0.1) is 0 Å². The number of halogens is 1. The van der Waals surface area contributed by atoms with E-state index in [0.29, 0.717) is 30.0 Å². The van der Waals surface area contributed by atoms with E-state index in [0.717, 1.165) is 20.5 Å². The highest BCUT2D eigenvalue weighted by molar-refractivity contribution is 9.10. The first-order chi connectivity index (χ1) is 16.0.